The Morgan fingerprint density at radius 2 is 1.87 bits per heavy atom. The molecule has 0 aromatic heterocycles. The van der Waals surface area contributed by atoms with Gasteiger partial charge in [-0.2, -0.15) is 0 Å². The lowest BCUT2D eigenvalue weighted by molar-refractivity contribution is -0.156. The van der Waals surface area contributed by atoms with Gasteiger partial charge in [0.05, 0.1) is 0 Å². The van der Waals surface area contributed by atoms with Crippen LogP contribution in [0.3, 0.4) is 0 Å². The second kappa shape index (κ2) is 10.2. The fourth-order valence-electron chi connectivity index (χ4n) is 2.91. The number of imide groups is 1. The topological polar surface area (TPSA) is 123 Å². The molecule has 9 nitrogen and oxygen atoms in total. The molecule has 1 aliphatic rings. The Hall–Kier alpha value is -3.88. The Bertz CT molecular complexity index is 976. The minimum absolute atomic E-state index is 0.0363. The molecule has 4 amide bonds. The number of hydrogen-bond acceptors (Lipinski definition) is 6. The summed E-state index contributed by atoms with van der Waals surface area (Å²) >= 11 is 0. The third-order valence-corrected chi connectivity index (χ3v) is 4.54. The Morgan fingerprint density at radius 3 is 2.65 bits per heavy atom. The van der Waals surface area contributed by atoms with E-state index >= 15 is 0 Å². The summed E-state index contributed by atoms with van der Waals surface area (Å²) in [7, 11) is 0. The Morgan fingerprint density at radius 1 is 1.10 bits per heavy atom. The Kier molecular flexibility index (Phi) is 7.21. The molecule has 9 heteroatoms. The molecule has 0 saturated carbocycles. The number of rotatable bonds is 7. The van der Waals surface area contributed by atoms with Gasteiger partial charge in [0.15, 0.2) is 12.7 Å². The van der Waals surface area contributed by atoms with E-state index in [1.165, 1.54) is 6.92 Å². The molecule has 0 saturated heterocycles. The van der Waals surface area contributed by atoms with Crippen LogP contribution in [-0.2, 0) is 32.1 Å². The number of esters is 1. The van der Waals surface area contributed by atoms with Gasteiger partial charge in [-0.05, 0) is 42.7 Å². The molecular weight excluding hydrogens is 402 g/mol. The summed E-state index contributed by atoms with van der Waals surface area (Å²) < 4.78 is 10.4. The molecule has 2 aromatic rings. The first-order valence-corrected chi connectivity index (χ1v) is 9.78. The monoisotopic (exact) mass is 425 g/mol. The maximum atomic E-state index is 12.0. The van der Waals surface area contributed by atoms with Crippen LogP contribution in [0, 0.1) is 0 Å². The normalized spacial score (nSPS) is 13.3. The van der Waals surface area contributed by atoms with Gasteiger partial charge in [0.2, 0.25) is 5.91 Å². The molecule has 3 rings (SSSR count). The average Bonchev–Trinajstić information content (AvgIpc) is 2.76. The van der Waals surface area contributed by atoms with Gasteiger partial charge in [-0.1, -0.05) is 30.3 Å². The molecule has 0 bridgehead atoms. The smallest absolute Gasteiger partial charge is 0.344 e. The zero-order chi connectivity index (χ0) is 22.2. The predicted octanol–water partition coefficient (Wildman–Crippen LogP) is 1.91. The van der Waals surface area contributed by atoms with Crippen molar-refractivity contribution in [3.63, 3.8) is 0 Å². The first kappa shape index (κ1) is 21.8. The molecule has 1 unspecified atom stereocenters. The van der Waals surface area contributed by atoms with Crippen LogP contribution in [0.2, 0.25) is 0 Å². The van der Waals surface area contributed by atoms with Crippen molar-refractivity contribution in [2.24, 2.45) is 0 Å². The van der Waals surface area contributed by atoms with Gasteiger partial charge >= 0.3 is 12.0 Å². The van der Waals surface area contributed by atoms with Crippen molar-refractivity contribution in [2.45, 2.75) is 32.4 Å². The van der Waals surface area contributed by atoms with Crippen molar-refractivity contribution in [3.8, 4) is 5.75 Å². The van der Waals surface area contributed by atoms with Crippen molar-refractivity contribution in [3.05, 3.63) is 59.7 Å². The third-order valence-electron chi connectivity index (χ3n) is 4.54. The third kappa shape index (κ3) is 6.56. The van der Waals surface area contributed by atoms with E-state index in [-0.39, 0.29) is 12.5 Å². The molecule has 1 atom stereocenters. The number of aryl methyl sites for hydroxylation is 1. The van der Waals surface area contributed by atoms with Gasteiger partial charge in [-0.15, -0.1) is 0 Å². The quantitative estimate of drug-likeness (QED) is 0.583. The number of nitrogens with one attached hydrogen (secondary N) is 3. The van der Waals surface area contributed by atoms with Gasteiger partial charge in [0.1, 0.15) is 5.75 Å². The fraction of sp³-hybridized carbons (Fsp3) is 0.273. The van der Waals surface area contributed by atoms with Crippen molar-refractivity contribution >= 4 is 29.5 Å². The van der Waals surface area contributed by atoms with Gasteiger partial charge in [0, 0.05) is 18.7 Å². The molecule has 0 aliphatic carbocycles. The second-order valence-electron chi connectivity index (χ2n) is 6.95. The van der Waals surface area contributed by atoms with Crippen molar-refractivity contribution in [1.82, 2.24) is 10.6 Å². The summed E-state index contributed by atoms with van der Waals surface area (Å²) in [5.41, 5.74) is 2.52. The highest BCUT2D eigenvalue weighted by Crippen LogP contribution is 2.26. The zero-order valence-corrected chi connectivity index (χ0v) is 17.0. The summed E-state index contributed by atoms with van der Waals surface area (Å²) in [4.78, 5) is 47.2. The van der Waals surface area contributed by atoms with E-state index < -0.39 is 30.6 Å². The largest absolute Gasteiger partial charge is 0.482 e. The van der Waals surface area contributed by atoms with E-state index in [1.54, 1.807) is 18.2 Å². The molecule has 0 radical (unpaired) electrons. The number of hydrogen-bond donors (Lipinski definition) is 3. The van der Waals surface area contributed by atoms with E-state index in [4.69, 9.17) is 9.47 Å². The summed E-state index contributed by atoms with van der Waals surface area (Å²) in [6.07, 6.45) is -0.187. The maximum absolute atomic E-state index is 12.0. The lowest BCUT2D eigenvalue weighted by atomic mass is 10.0. The first-order chi connectivity index (χ1) is 14.9. The first-order valence-electron chi connectivity index (χ1n) is 9.78. The minimum atomic E-state index is -1.17. The van der Waals surface area contributed by atoms with Crippen molar-refractivity contribution < 1.29 is 28.7 Å². The number of amides is 4. The summed E-state index contributed by atoms with van der Waals surface area (Å²) in [5, 5.41) is 7.44. The van der Waals surface area contributed by atoms with Gasteiger partial charge in [-0.3, -0.25) is 14.9 Å². The number of ether oxygens (including phenoxy) is 2. The molecule has 31 heavy (non-hydrogen) atoms. The molecule has 162 valence electrons. The maximum Gasteiger partial charge on any atom is 0.344 e. The average molecular weight is 425 g/mol. The van der Waals surface area contributed by atoms with Crippen LogP contribution >= 0.6 is 0 Å². The van der Waals surface area contributed by atoms with E-state index in [1.807, 2.05) is 30.3 Å². The van der Waals surface area contributed by atoms with E-state index in [0.717, 1.165) is 16.8 Å². The highest BCUT2D eigenvalue weighted by Gasteiger charge is 2.21. The van der Waals surface area contributed by atoms with Crippen molar-refractivity contribution in [1.29, 1.82) is 0 Å². The number of carbonyl (C=O) groups is 4. The van der Waals surface area contributed by atoms with Crippen LogP contribution in [0.5, 0.6) is 5.75 Å². The summed E-state index contributed by atoms with van der Waals surface area (Å²) in [6.45, 7) is 1.22. The SMILES string of the molecule is CC(OC(=O)COc1ccc2c(c1)CCC(=O)N2)C(=O)NC(=O)NCc1ccccc1. The zero-order valence-electron chi connectivity index (χ0n) is 17.0. The summed E-state index contributed by atoms with van der Waals surface area (Å²) in [6, 6.07) is 13.6. The second-order valence-corrected chi connectivity index (χ2v) is 6.95. The van der Waals surface area contributed by atoms with Crippen LogP contribution in [0.1, 0.15) is 24.5 Å². The summed E-state index contributed by atoms with van der Waals surface area (Å²) in [5.74, 6) is -1.09. The van der Waals surface area contributed by atoms with E-state index in [0.29, 0.717) is 18.6 Å². The number of carbonyl (C=O) groups excluding carboxylic acids is 4. The standard InChI is InChI=1S/C22H23N3O6/c1-14(21(28)25-22(29)23-12-15-5-3-2-4-6-15)31-20(27)13-30-17-8-9-18-16(11-17)7-10-19(26)24-18/h2-6,8-9,11,14H,7,10,12-13H2,1H3,(H,24,26)(H2,23,25,28,29). The number of fused-ring (bicyclic) bond motifs is 1. The molecule has 0 spiro atoms. The van der Waals surface area contributed by atoms with E-state index in [9.17, 15) is 19.2 Å². The lowest BCUT2D eigenvalue weighted by Crippen LogP contribution is -2.44. The molecular formula is C22H23N3O6. The molecule has 3 N–H and O–H groups in total. The van der Waals surface area contributed by atoms with Crippen LogP contribution < -0.4 is 20.7 Å². The minimum Gasteiger partial charge on any atom is -0.482 e. The van der Waals surface area contributed by atoms with Crippen LogP contribution in [-0.4, -0.2) is 36.5 Å². The van der Waals surface area contributed by atoms with Crippen molar-refractivity contribution in [2.75, 3.05) is 11.9 Å². The molecule has 0 fully saturated rings. The van der Waals surface area contributed by atoms with E-state index in [2.05, 4.69) is 16.0 Å². The van der Waals surface area contributed by atoms with Gasteiger partial charge < -0.3 is 20.1 Å². The molecule has 1 aliphatic heterocycles. The molecule has 2 aromatic carbocycles. The van der Waals surface area contributed by atoms with Crippen LogP contribution in [0.25, 0.3) is 0 Å². The predicted molar refractivity (Wildman–Crippen MR) is 111 cm³/mol. The van der Waals surface area contributed by atoms with Gasteiger partial charge in [-0.25, -0.2) is 9.59 Å². The highest BCUT2D eigenvalue weighted by atomic mass is 16.6. The fourth-order valence-corrected chi connectivity index (χ4v) is 2.91. The van der Waals surface area contributed by atoms with Crippen LogP contribution in [0.15, 0.2) is 48.5 Å². The number of urea groups is 1. The number of anilines is 1. The van der Waals surface area contributed by atoms with Gasteiger partial charge in [0.25, 0.3) is 5.91 Å². The Balaban J connectivity index is 1.40. The Labute approximate surface area is 179 Å². The number of benzene rings is 2. The highest BCUT2D eigenvalue weighted by molar-refractivity contribution is 5.97. The van der Waals surface area contributed by atoms with Crippen LogP contribution in [0.4, 0.5) is 10.5 Å². The lowest BCUT2D eigenvalue weighted by Gasteiger charge is -2.18. The molecule has 1 heterocycles.